The number of aromatic nitrogens is 1. The molecule has 0 bridgehead atoms. The highest BCUT2D eigenvalue weighted by molar-refractivity contribution is 5.43. The fourth-order valence-electron chi connectivity index (χ4n) is 2.28. The number of pyridine rings is 1. The molecule has 1 aliphatic heterocycles. The Morgan fingerprint density at radius 1 is 1.25 bits per heavy atom. The van der Waals surface area contributed by atoms with Gasteiger partial charge in [-0.05, 0) is 37.1 Å². The molecular weight excluding hydrogens is 198 g/mol. The maximum Gasteiger partial charge on any atom is 0.0552 e. The lowest BCUT2D eigenvalue weighted by Crippen LogP contribution is -2.42. The maximum absolute atomic E-state index is 4.21. The molecule has 0 aliphatic carbocycles. The minimum Gasteiger partial charge on any atom is -0.370 e. The highest BCUT2D eigenvalue weighted by atomic mass is 15.1. The van der Waals surface area contributed by atoms with Crippen LogP contribution >= 0.6 is 0 Å². The van der Waals surface area contributed by atoms with Crippen LogP contribution in [0.4, 0.5) is 5.69 Å². The van der Waals surface area contributed by atoms with Gasteiger partial charge in [0.1, 0.15) is 0 Å². The summed E-state index contributed by atoms with van der Waals surface area (Å²) in [5, 5.41) is 3.52. The van der Waals surface area contributed by atoms with E-state index in [-0.39, 0.29) is 0 Å². The van der Waals surface area contributed by atoms with Gasteiger partial charge < -0.3 is 10.2 Å². The molecule has 2 atom stereocenters. The number of hydrogen-bond donors (Lipinski definition) is 1. The average molecular weight is 219 g/mol. The summed E-state index contributed by atoms with van der Waals surface area (Å²) < 4.78 is 0. The van der Waals surface area contributed by atoms with Crippen molar-refractivity contribution < 1.29 is 0 Å². The number of rotatable bonds is 1. The van der Waals surface area contributed by atoms with Crippen LogP contribution in [-0.2, 0) is 0 Å². The minimum atomic E-state index is 0.688. The van der Waals surface area contributed by atoms with E-state index in [0.29, 0.717) is 11.8 Å². The second kappa shape index (κ2) is 5.30. The van der Waals surface area contributed by atoms with E-state index in [4.69, 9.17) is 0 Å². The summed E-state index contributed by atoms with van der Waals surface area (Å²) in [5.41, 5.74) is 1.25. The molecule has 2 rings (SSSR count). The highest BCUT2D eigenvalue weighted by Gasteiger charge is 2.17. The molecule has 88 valence electrons. The summed E-state index contributed by atoms with van der Waals surface area (Å²) in [7, 11) is 0. The Labute approximate surface area is 97.9 Å². The van der Waals surface area contributed by atoms with E-state index in [1.165, 1.54) is 5.69 Å². The molecule has 1 saturated heterocycles. The molecule has 0 saturated carbocycles. The van der Waals surface area contributed by atoms with Gasteiger partial charge in [0.05, 0.1) is 11.9 Å². The first-order valence-corrected chi connectivity index (χ1v) is 6.11. The summed E-state index contributed by atoms with van der Waals surface area (Å²) in [4.78, 5) is 6.67. The van der Waals surface area contributed by atoms with E-state index in [0.717, 1.165) is 26.2 Å². The molecule has 0 spiro atoms. The third kappa shape index (κ3) is 2.95. The lowest BCUT2D eigenvalue weighted by molar-refractivity contribution is 0.410. The zero-order chi connectivity index (χ0) is 11.4. The molecule has 2 unspecified atom stereocenters. The Bertz CT molecular complexity index is 300. The quantitative estimate of drug-likeness (QED) is 0.780. The second-order valence-corrected chi connectivity index (χ2v) is 4.98. The van der Waals surface area contributed by atoms with Crippen LogP contribution in [0, 0.1) is 11.8 Å². The summed E-state index contributed by atoms with van der Waals surface area (Å²) in [6.07, 6.45) is 3.80. The molecule has 2 heterocycles. The molecule has 1 fully saturated rings. The third-order valence-corrected chi connectivity index (χ3v) is 3.06. The van der Waals surface area contributed by atoms with Gasteiger partial charge in [0.2, 0.25) is 0 Å². The van der Waals surface area contributed by atoms with E-state index in [1.54, 1.807) is 0 Å². The molecule has 1 aromatic heterocycles. The van der Waals surface area contributed by atoms with Gasteiger partial charge in [-0.1, -0.05) is 13.8 Å². The number of nitrogens with zero attached hydrogens (tertiary/aromatic N) is 2. The Balaban J connectivity index is 2.10. The van der Waals surface area contributed by atoms with E-state index < -0.39 is 0 Å². The zero-order valence-electron chi connectivity index (χ0n) is 10.2. The standard InChI is InChI=1S/C13H21N3/c1-11-6-15-7-12(2)10-16(9-11)13-4-3-5-14-8-13/h3-5,8,11-12,15H,6-7,9-10H2,1-2H3. The number of anilines is 1. The molecule has 0 radical (unpaired) electrons. The monoisotopic (exact) mass is 219 g/mol. The summed E-state index contributed by atoms with van der Waals surface area (Å²) in [6.45, 7) is 9.05. The van der Waals surface area contributed by atoms with Crippen molar-refractivity contribution in [2.24, 2.45) is 11.8 Å². The van der Waals surface area contributed by atoms with Gasteiger partial charge in [0.15, 0.2) is 0 Å². The fourth-order valence-corrected chi connectivity index (χ4v) is 2.28. The molecule has 1 aromatic rings. The summed E-state index contributed by atoms with van der Waals surface area (Å²) >= 11 is 0. The normalized spacial score (nSPS) is 27.2. The first kappa shape index (κ1) is 11.4. The van der Waals surface area contributed by atoms with Crippen LogP contribution in [0.2, 0.25) is 0 Å². The predicted octanol–water partition coefficient (Wildman–Crippen LogP) is 1.76. The van der Waals surface area contributed by atoms with Crippen molar-refractivity contribution in [2.75, 3.05) is 31.1 Å². The van der Waals surface area contributed by atoms with E-state index in [9.17, 15) is 0 Å². The zero-order valence-corrected chi connectivity index (χ0v) is 10.2. The van der Waals surface area contributed by atoms with Gasteiger partial charge in [0, 0.05) is 19.3 Å². The van der Waals surface area contributed by atoms with Crippen LogP contribution in [0.3, 0.4) is 0 Å². The van der Waals surface area contributed by atoms with Crippen molar-refractivity contribution in [3.05, 3.63) is 24.5 Å². The van der Waals surface area contributed by atoms with Crippen LogP contribution in [0.25, 0.3) is 0 Å². The van der Waals surface area contributed by atoms with Crippen molar-refractivity contribution in [2.45, 2.75) is 13.8 Å². The maximum atomic E-state index is 4.21. The molecule has 1 aliphatic rings. The van der Waals surface area contributed by atoms with Gasteiger partial charge >= 0.3 is 0 Å². The Kier molecular flexibility index (Phi) is 3.78. The Morgan fingerprint density at radius 3 is 2.50 bits per heavy atom. The highest BCUT2D eigenvalue weighted by Crippen LogP contribution is 2.17. The summed E-state index contributed by atoms with van der Waals surface area (Å²) in [6, 6.07) is 4.17. The van der Waals surface area contributed by atoms with E-state index in [1.807, 2.05) is 18.5 Å². The minimum absolute atomic E-state index is 0.688. The molecule has 0 aromatic carbocycles. The van der Waals surface area contributed by atoms with E-state index >= 15 is 0 Å². The summed E-state index contributed by atoms with van der Waals surface area (Å²) in [5.74, 6) is 1.38. The van der Waals surface area contributed by atoms with Gasteiger partial charge in [-0.2, -0.15) is 0 Å². The number of hydrogen-bond acceptors (Lipinski definition) is 3. The fraction of sp³-hybridized carbons (Fsp3) is 0.615. The smallest absolute Gasteiger partial charge is 0.0552 e. The average Bonchev–Trinajstić information content (AvgIpc) is 2.27. The van der Waals surface area contributed by atoms with Gasteiger partial charge in [-0.15, -0.1) is 0 Å². The molecular formula is C13H21N3. The lowest BCUT2D eigenvalue weighted by atomic mass is 10.1. The number of nitrogens with one attached hydrogen (secondary N) is 1. The van der Waals surface area contributed by atoms with Crippen LogP contribution in [0.15, 0.2) is 24.5 Å². The van der Waals surface area contributed by atoms with Gasteiger partial charge in [-0.25, -0.2) is 0 Å². The van der Waals surface area contributed by atoms with Crippen molar-refractivity contribution >= 4 is 5.69 Å². The first-order chi connectivity index (χ1) is 7.75. The van der Waals surface area contributed by atoms with E-state index in [2.05, 4.69) is 35.1 Å². The second-order valence-electron chi connectivity index (χ2n) is 4.98. The van der Waals surface area contributed by atoms with Crippen LogP contribution in [0.1, 0.15) is 13.8 Å². The molecule has 3 nitrogen and oxygen atoms in total. The first-order valence-electron chi connectivity index (χ1n) is 6.11. The van der Waals surface area contributed by atoms with Crippen molar-refractivity contribution in [1.29, 1.82) is 0 Å². The SMILES string of the molecule is CC1CNCC(C)CN(c2cccnc2)C1. The van der Waals surface area contributed by atoms with Crippen molar-refractivity contribution in [1.82, 2.24) is 10.3 Å². The van der Waals surface area contributed by atoms with Gasteiger partial charge in [-0.3, -0.25) is 4.98 Å². The Morgan fingerprint density at radius 2 is 1.94 bits per heavy atom. The van der Waals surface area contributed by atoms with Crippen molar-refractivity contribution in [3.8, 4) is 0 Å². The topological polar surface area (TPSA) is 28.2 Å². The predicted molar refractivity (Wildman–Crippen MR) is 67.6 cm³/mol. The van der Waals surface area contributed by atoms with Gasteiger partial charge in [0.25, 0.3) is 0 Å². The lowest BCUT2D eigenvalue weighted by Gasteiger charge is -2.33. The molecule has 1 N–H and O–H groups in total. The van der Waals surface area contributed by atoms with Crippen molar-refractivity contribution in [3.63, 3.8) is 0 Å². The third-order valence-electron chi connectivity index (χ3n) is 3.06. The molecule has 0 amide bonds. The van der Waals surface area contributed by atoms with Crippen LogP contribution in [0.5, 0.6) is 0 Å². The molecule has 16 heavy (non-hydrogen) atoms. The largest absolute Gasteiger partial charge is 0.370 e. The van der Waals surface area contributed by atoms with Crippen LogP contribution in [-0.4, -0.2) is 31.2 Å². The molecule has 3 heteroatoms. The van der Waals surface area contributed by atoms with Crippen LogP contribution < -0.4 is 10.2 Å². The Hall–Kier alpha value is -1.09.